The highest BCUT2D eigenvalue weighted by molar-refractivity contribution is 6.39. The van der Waals surface area contributed by atoms with Gasteiger partial charge in [-0.1, -0.05) is 54.4 Å². The van der Waals surface area contributed by atoms with Gasteiger partial charge in [-0.3, -0.25) is 30.2 Å². The standard InChI is InChI=1S/C19H16ClN3O4.C12H9Cl2NO2.C7H8N2O2.CH4/c1-3-27-19(24)15-10-21-16-7-5-12(20)8-14(16)18(15)22-13-6-4-11(2)17(9-13)23(25)26;1-2-17-12(16)9-6-15-10-4-3-7(13)5-8(10)11(9)14;1-5-2-3-6(8)4-7(5)9(10)11;/h4-10H,3H2,1-2H3,(H,21,22);3-6H,2H2,1H3;2-4H,8H2,1H3;1H4. The molecule has 0 aliphatic rings. The van der Waals surface area contributed by atoms with E-state index in [9.17, 15) is 29.8 Å². The summed E-state index contributed by atoms with van der Waals surface area (Å²) in [5.41, 5.74) is 9.68. The smallest absolute Gasteiger partial charge is 0.341 e. The Morgan fingerprint density at radius 3 is 1.73 bits per heavy atom. The summed E-state index contributed by atoms with van der Waals surface area (Å²) in [5, 5.41) is 27.2. The molecule has 292 valence electrons. The lowest BCUT2D eigenvalue weighted by Gasteiger charge is -2.14. The van der Waals surface area contributed by atoms with Crippen LogP contribution in [0.3, 0.4) is 0 Å². The van der Waals surface area contributed by atoms with Gasteiger partial charge in [0.1, 0.15) is 5.56 Å². The third-order valence-electron chi connectivity index (χ3n) is 7.69. The highest BCUT2D eigenvalue weighted by Gasteiger charge is 2.19. The lowest BCUT2D eigenvalue weighted by Crippen LogP contribution is -2.09. The zero-order valence-electron chi connectivity index (χ0n) is 29.8. The van der Waals surface area contributed by atoms with Gasteiger partial charge in [0.05, 0.1) is 50.4 Å². The highest BCUT2D eigenvalue weighted by Crippen LogP contribution is 2.33. The second-order valence-electron chi connectivity index (χ2n) is 11.5. The molecule has 56 heavy (non-hydrogen) atoms. The molecule has 6 aromatic rings. The molecule has 2 heterocycles. The van der Waals surface area contributed by atoms with Crippen molar-refractivity contribution in [3.05, 3.63) is 143 Å². The zero-order chi connectivity index (χ0) is 40.4. The average molecular weight is 824 g/mol. The van der Waals surface area contributed by atoms with E-state index in [4.69, 9.17) is 50.0 Å². The van der Waals surface area contributed by atoms with Crippen LogP contribution < -0.4 is 11.1 Å². The van der Waals surface area contributed by atoms with Gasteiger partial charge in [0.2, 0.25) is 0 Å². The molecular formula is C39H37Cl3N6O8. The van der Waals surface area contributed by atoms with Gasteiger partial charge in [0, 0.05) is 67.8 Å². The number of hydrogen-bond acceptors (Lipinski definition) is 12. The molecule has 17 heteroatoms. The maximum Gasteiger partial charge on any atom is 0.341 e. The molecule has 0 fully saturated rings. The lowest BCUT2D eigenvalue weighted by atomic mass is 10.1. The van der Waals surface area contributed by atoms with E-state index in [-0.39, 0.29) is 36.5 Å². The number of carbonyl (C=O) groups is 2. The molecule has 6 rings (SSSR count). The van der Waals surface area contributed by atoms with Crippen LogP contribution in [0, 0.1) is 34.1 Å². The third kappa shape index (κ3) is 11.0. The van der Waals surface area contributed by atoms with Gasteiger partial charge in [-0.15, -0.1) is 0 Å². The number of nitrogens with two attached hydrogens (primary N) is 1. The van der Waals surface area contributed by atoms with Gasteiger partial charge in [0.25, 0.3) is 11.4 Å². The van der Waals surface area contributed by atoms with Crippen molar-refractivity contribution < 1.29 is 28.9 Å². The van der Waals surface area contributed by atoms with Crippen molar-refractivity contribution in [1.82, 2.24) is 9.97 Å². The van der Waals surface area contributed by atoms with Crippen LogP contribution in [0.15, 0.2) is 85.2 Å². The number of aryl methyl sites for hydroxylation is 2. The van der Waals surface area contributed by atoms with E-state index < -0.39 is 21.8 Å². The van der Waals surface area contributed by atoms with E-state index in [1.807, 2.05) is 0 Å². The molecule has 0 radical (unpaired) electrons. The maximum absolute atomic E-state index is 12.4. The van der Waals surface area contributed by atoms with Crippen LogP contribution in [0.4, 0.5) is 28.4 Å². The van der Waals surface area contributed by atoms with Crippen LogP contribution in [0.5, 0.6) is 0 Å². The monoisotopic (exact) mass is 822 g/mol. The fourth-order valence-electron chi connectivity index (χ4n) is 5.00. The first-order chi connectivity index (χ1) is 26.1. The Kier molecular flexibility index (Phi) is 15.8. The van der Waals surface area contributed by atoms with Crippen LogP contribution in [0.2, 0.25) is 15.1 Å². The van der Waals surface area contributed by atoms with E-state index in [1.165, 1.54) is 24.5 Å². The molecule has 14 nitrogen and oxygen atoms in total. The summed E-state index contributed by atoms with van der Waals surface area (Å²) < 4.78 is 10.00. The molecule has 4 aromatic carbocycles. The third-order valence-corrected chi connectivity index (χ3v) is 8.57. The topological polar surface area (TPSA) is 203 Å². The van der Waals surface area contributed by atoms with E-state index in [0.29, 0.717) is 71.7 Å². The van der Waals surface area contributed by atoms with E-state index >= 15 is 0 Å². The Morgan fingerprint density at radius 1 is 0.714 bits per heavy atom. The fourth-order valence-corrected chi connectivity index (χ4v) is 5.62. The van der Waals surface area contributed by atoms with Crippen molar-refractivity contribution in [2.75, 3.05) is 24.3 Å². The minimum Gasteiger partial charge on any atom is -0.462 e. The Balaban J connectivity index is 0.000000247. The summed E-state index contributed by atoms with van der Waals surface area (Å²) in [7, 11) is 0. The Hall–Kier alpha value is -6.09. The van der Waals surface area contributed by atoms with Crippen molar-refractivity contribution in [2.24, 2.45) is 0 Å². The normalized spacial score (nSPS) is 10.2. The number of anilines is 3. The van der Waals surface area contributed by atoms with Gasteiger partial charge in [-0.25, -0.2) is 9.59 Å². The molecule has 0 spiro atoms. The van der Waals surface area contributed by atoms with Crippen molar-refractivity contribution >= 4 is 97.0 Å². The maximum atomic E-state index is 12.4. The van der Waals surface area contributed by atoms with Gasteiger partial charge in [-0.05, 0) is 76.2 Å². The number of hydrogen-bond donors (Lipinski definition) is 2. The molecule has 2 aromatic heterocycles. The van der Waals surface area contributed by atoms with Gasteiger partial charge in [0.15, 0.2) is 0 Å². The van der Waals surface area contributed by atoms with Gasteiger partial charge >= 0.3 is 11.9 Å². The summed E-state index contributed by atoms with van der Waals surface area (Å²) in [5.74, 6) is -1.03. The fraction of sp³-hybridized carbons (Fsp3) is 0.179. The number of nitro benzene ring substituents is 2. The molecule has 0 aliphatic carbocycles. The van der Waals surface area contributed by atoms with Gasteiger partial charge in [-0.2, -0.15) is 0 Å². The lowest BCUT2D eigenvalue weighted by molar-refractivity contribution is -0.385. The number of nitro groups is 2. The number of carbonyl (C=O) groups excluding carboxylic acids is 2. The molecule has 3 N–H and O–H groups in total. The Labute approximate surface area is 336 Å². The van der Waals surface area contributed by atoms with Crippen LogP contribution in [-0.2, 0) is 9.47 Å². The predicted octanol–water partition coefficient (Wildman–Crippen LogP) is 10.9. The minimum atomic E-state index is -0.545. The van der Waals surface area contributed by atoms with Crippen molar-refractivity contribution in [2.45, 2.75) is 35.1 Å². The summed E-state index contributed by atoms with van der Waals surface area (Å²) in [6, 6.07) is 19.6. The summed E-state index contributed by atoms with van der Waals surface area (Å²) in [6.07, 6.45) is 2.83. The minimum absolute atomic E-state index is 0. The number of fused-ring (bicyclic) bond motifs is 2. The largest absolute Gasteiger partial charge is 0.462 e. The van der Waals surface area contributed by atoms with Crippen LogP contribution in [0.1, 0.15) is 53.1 Å². The average Bonchev–Trinajstić information content (AvgIpc) is 3.14. The summed E-state index contributed by atoms with van der Waals surface area (Å²) in [6.45, 7) is 7.28. The Morgan fingerprint density at radius 2 is 1.20 bits per heavy atom. The molecule has 0 aliphatic heterocycles. The van der Waals surface area contributed by atoms with Gasteiger partial charge < -0.3 is 20.5 Å². The summed E-state index contributed by atoms with van der Waals surface area (Å²) >= 11 is 18.1. The number of rotatable bonds is 8. The number of esters is 2. The molecule has 0 saturated heterocycles. The molecule has 0 amide bonds. The molecule has 0 unspecified atom stereocenters. The quantitative estimate of drug-likeness (QED) is 0.0637. The first kappa shape index (κ1) is 44.3. The van der Waals surface area contributed by atoms with Crippen LogP contribution >= 0.6 is 34.8 Å². The number of pyridine rings is 2. The highest BCUT2D eigenvalue weighted by atomic mass is 35.5. The van der Waals surface area contributed by atoms with E-state index in [0.717, 1.165) is 0 Å². The predicted molar refractivity (Wildman–Crippen MR) is 221 cm³/mol. The summed E-state index contributed by atoms with van der Waals surface area (Å²) in [4.78, 5) is 53.1. The second-order valence-corrected chi connectivity index (χ2v) is 12.7. The second kappa shape index (κ2) is 20.0. The van der Waals surface area contributed by atoms with Crippen molar-refractivity contribution in [1.29, 1.82) is 0 Å². The molecule has 0 bridgehead atoms. The zero-order valence-corrected chi connectivity index (χ0v) is 32.0. The molecule has 0 saturated carbocycles. The molecular weight excluding hydrogens is 787 g/mol. The van der Waals surface area contributed by atoms with E-state index in [2.05, 4.69) is 15.3 Å². The first-order valence-electron chi connectivity index (χ1n) is 16.3. The number of aromatic nitrogens is 2. The van der Waals surface area contributed by atoms with Crippen molar-refractivity contribution in [3.8, 4) is 0 Å². The number of halogens is 3. The first-order valence-corrected chi connectivity index (χ1v) is 17.5. The van der Waals surface area contributed by atoms with E-state index in [1.54, 1.807) is 88.4 Å². The van der Waals surface area contributed by atoms with Crippen LogP contribution in [-0.4, -0.2) is 45.0 Å². The number of benzene rings is 4. The van der Waals surface area contributed by atoms with Crippen molar-refractivity contribution in [3.63, 3.8) is 0 Å². The number of nitrogens with one attached hydrogen (secondary N) is 1. The number of ether oxygens (including phenoxy) is 2. The number of nitrogens with zero attached hydrogens (tertiary/aromatic N) is 4. The van der Waals surface area contributed by atoms with Crippen LogP contribution in [0.25, 0.3) is 21.8 Å². The SMILES string of the molecule is C.CCOC(=O)c1cnc2ccc(Cl)cc2c1Cl.CCOC(=O)c1cnc2ccc(Cl)cc2c1Nc1ccc(C)c([N+](=O)[O-])c1.Cc1ccc(N)cc1[N+](=O)[O-]. The number of nitrogen functional groups attached to an aromatic ring is 1. The molecule has 0 atom stereocenters. The Bertz CT molecular complexity index is 2430.